The van der Waals surface area contributed by atoms with Crippen molar-refractivity contribution in [2.24, 2.45) is 0 Å². The van der Waals surface area contributed by atoms with Gasteiger partial charge in [0.1, 0.15) is 5.82 Å². The van der Waals surface area contributed by atoms with Crippen molar-refractivity contribution < 1.29 is 12.8 Å². The molecule has 0 fully saturated rings. The van der Waals surface area contributed by atoms with Gasteiger partial charge in [-0.25, -0.2) is 13.0 Å². The summed E-state index contributed by atoms with van der Waals surface area (Å²) in [5.74, 6) is -0.246. The number of hydrogen-bond donors (Lipinski definition) is 1. The summed E-state index contributed by atoms with van der Waals surface area (Å²) in [6.07, 6.45) is 5.01. The van der Waals surface area contributed by atoms with E-state index < -0.39 is 10.2 Å². The summed E-state index contributed by atoms with van der Waals surface area (Å²) in [5.41, 5.74) is 4.66. The highest BCUT2D eigenvalue weighted by atomic mass is 32.2. The fourth-order valence-corrected chi connectivity index (χ4v) is 6.62. The predicted molar refractivity (Wildman–Crippen MR) is 128 cm³/mol. The number of aromatic amines is 1. The molecule has 2 aliphatic heterocycles. The summed E-state index contributed by atoms with van der Waals surface area (Å²) >= 11 is 0. The van der Waals surface area contributed by atoms with E-state index in [9.17, 15) is 12.8 Å². The van der Waals surface area contributed by atoms with Gasteiger partial charge in [-0.3, -0.25) is 4.90 Å². The largest absolute Gasteiger partial charge is 0.360 e. The lowest BCUT2D eigenvalue weighted by atomic mass is 9.99. The molecular formula is C24H27FN4O2S. The molecule has 5 rings (SSSR count). The van der Waals surface area contributed by atoms with Crippen LogP contribution < -0.4 is 8.61 Å². The van der Waals surface area contributed by atoms with Crippen LogP contribution in [0.4, 0.5) is 15.8 Å². The van der Waals surface area contributed by atoms with Crippen LogP contribution in [0.15, 0.2) is 54.7 Å². The van der Waals surface area contributed by atoms with Crippen LogP contribution in [-0.2, 0) is 10.2 Å². The minimum atomic E-state index is -3.57. The fourth-order valence-electron chi connectivity index (χ4n) is 4.75. The zero-order valence-corrected chi connectivity index (χ0v) is 19.1. The maximum absolute atomic E-state index is 13.5. The Morgan fingerprint density at radius 3 is 2.59 bits per heavy atom. The van der Waals surface area contributed by atoms with Gasteiger partial charge in [-0.2, -0.15) is 8.42 Å². The summed E-state index contributed by atoms with van der Waals surface area (Å²) in [6.45, 7) is 6.47. The van der Waals surface area contributed by atoms with E-state index in [1.54, 1.807) is 0 Å². The van der Waals surface area contributed by atoms with Crippen LogP contribution in [0.1, 0.15) is 25.8 Å². The molecule has 0 aliphatic carbocycles. The molecule has 1 aromatic heterocycles. The second-order valence-corrected chi connectivity index (χ2v) is 10.4. The number of para-hydroxylation sites is 2. The van der Waals surface area contributed by atoms with Crippen molar-refractivity contribution in [3.05, 3.63) is 66.1 Å². The van der Waals surface area contributed by atoms with Gasteiger partial charge in [-0.1, -0.05) is 18.2 Å². The number of hydrogen-bond acceptors (Lipinski definition) is 3. The molecule has 0 radical (unpaired) electrons. The Bertz CT molecular complexity index is 1300. The van der Waals surface area contributed by atoms with Gasteiger partial charge >= 0.3 is 10.2 Å². The van der Waals surface area contributed by atoms with Gasteiger partial charge in [0.2, 0.25) is 0 Å². The number of nitrogens with one attached hydrogen (secondary N) is 1. The van der Waals surface area contributed by atoms with Gasteiger partial charge in [0.05, 0.1) is 11.4 Å². The third kappa shape index (κ3) is 3.47. The Morgan fingerprint density at radius 2 is 1.88 bits per heavy atom. The number of halogens is 1. The first-order chi connectivity index (χ1) is 15.4. The third-order valence-electron chi connectivity index (χ3n) is 6.29. The van der Waals surface area contributed by atoms with Gasteiger partial charge in [-0.15, -0.1) is 0 Å². The number of fused-ring (bicyclic) bond motifs is 2. The zero-order chi connectivity index (χ0) is 22.5. The van der Waals surface area contributed by atoms with Crippen molar-refractivity contribution in [3.63, 3.8) is 0 Å². The Balaban J connectivity index is 1.30. The molecule has 0 unspecified atom stereocenters. The number of rotatable bonds is 5. The van der Waals surface area contributed by atoms with E-state index in [-0.39, 0.29) is 11.9 Å². The number of aromatic nitrogens is 1. The summed E-state index contributed by atoms with van der Waals surface area (Å²) in [6, 6.07) is 12.2. The van der Waals surface area contributed by atoms with E-state index in [0.717, 1.165) is 47.4 Å². The average molecular weight is 455 g/mol. The molecule has 6 nitrogen and oxygen atoms in total. The molecule has 3 heterocycles. The minimum Gasteiger partial charge on any atom is -0.360 e. The summed E-state index contributed by atoms with van der Waals surface area (Å²) in [4.78, 5) is 5.43. The quantitative estimate of drug-likeness (QED) is 0.623. The summed E-state index contributed by atoms with van der Waals surface area (Å²) < 4.78 is 42.9. The number of H-pyrrole nitrogens is 1. The number of nitrogens with zero attached hydrogens (tertiary/aromatic N) is 3. The maximum Gasteiger partial charge on any atom is 0.326 e. The number of benzene rings is 2. The van der Waals surface area contributed by atoms with Crippen molar-refractivity contribution in [3.8, 4) is 0 Å². The Labute approximate surface area is 188 Å². The number of anilines is 2. The van der Waals surface area contributed by atoms with Crippen molar-refractivity contribution in [1.82, 2.24) is 9.88 Å². The van der Waals surface area contributed by atoms with Crippen LogP contribution in [-0.4, -0.2) is 50.5 Å². The van der Waals surface area contributed by atoms with Crippen LogP contribution in [0, 0.1) is 5.82 Å². The van der Waals surface area contributed by atoms with Gasteiger partial charge in [-0.05, 0) is 56.2 Å². The van der Waals surface area contributed by atoms with Crippen LogP contribution in [0.3, 0.4) is 0 Å². The first kappa shape index (κ1) is 21.0. The monoisotopic (exact) mass is 454 g/mol. The van der Waals surface area contributed by atoms with E-state index in [4.69, 9.17) is 0 Å². The first-order valence-corrected chi connectivity index (χ1v) is 12.4. The molecule has 0 spiro atoms. The molecule has 2 aromatic carbocycles. The molecule has 0 bridgehead atoms. The summed E-state index contributed by atoms with van der Waals surface area (Å²) in [5, 5.41) is 1.03. The predicted octanol–water partition coefficient (Wildman–Crippen LogP) is 4.38. The molecule has 0 saturated heterocycles. The molecule has 1 N–H and O–H groups in total. The summed E-state index contributed by atoms with van der Waals surface area (Å²) in [7, 11) is -3.57. The van der Waals surface area contributed by atoms with Crippen molar-refractivity contribution in [1.29, 1.82) is 0 Å². The smallest absolute Gasteiger partial charge is 0.326 e. The van der Waals surface area contributed by atoms with Crippen molar-refractivity contribution in [2.45, 2.75) is 26.3 Å². The maximum atomic E-state index is 13.5. The Hall–Kier alpha value is -2.84. The molecule has 168 valence electrons. The van der Waals surface area contributed by atoms with Gasteiger partial charge in [0.15, 0.2) is 0 Å². The van der Waals surface area contributed by atoms with Crippen LogP contribution in [0.2, 0.25) is 0 Å². The normalized spacial score (nSPS) is 18.4. The molecule has 8 heteroatoms. The van der Waals surface area contributed by atoms with E-state index in [2.05, 4.69) is 16.0 Å². The second-order valence-electron chi connectivity index (χ2n) is 8.63. The zero-order valence-electron chi connectivity index (χ0n) is 18.3. The molecule has 3 aromatic rings. The van der Waals surface area contributed by atoms with Gasteiger partial charge in [0, 0.05) is 54.9 Å². The first-order valence-electron chi connectivity index (χ1n) is 11.0. The van der Waals surface area contributed by atoms with E-state index in [0.29, 0.717) is 13.1 Å². The molecule has 0 atom stereocenters. The highest BCUT2D eigenvalue weighted by molar-refractivity contribution is 7.94. The lowest BCUT2D eigenvalue weighted by Gasteiger charge is -2.29. The fraction of sp³-hybridized carbons (Fsp3) is 0.333. The van der Waals surface area contributed by atoms with E-state index in [1.807, 2.05) is 50.4 Å². The second kappa shape index (κ2) is 7.94. The van der Waals surface area contributed by atoms with Gasteiger partial charge in [0.25, 0.3) is 0 Å². The Kier molecular flexibility index (Phi) is 5.22. The SMILES string of the molecule is CC(C)N1c2ccccc2N(CCN2CC=C(c3c[nH]c4cc(F)ccc34)CC2)S1(=O)=O. The standard InChI is InChI=1S/C24H27FN4O2S/c1-17(2)29-24-6-4-3-5-23(24)28(32(29,30)31)14-13-27-11-9-18(10-12-27)21-16-26-22-15-19(25)7-8-20(21)22/h3-9,15-17,26H,10-14H2,1-2H3. The molecular weight excluding hydrogens is 427 g/mol. The average Bonchev–Trinajstić information content (AvgIpc) is 3.27. The lowest BCUT2D eigenvalue weighted by molar-refractivity contribution is 0.311. The third-order valence-corrected chi connectivity index (χ3v) is 8.34. The lowest BCUT2D eigenvalue weighted by Crippen LogP contribution is -2.44. The van der Waals surface area contributed by atoms with Gasteiger partial charge < -0.3 is 4.98 Å². The van der Waals surface area contributed by atoms with Crippen molar-refractivity contribution in [2.75, 3.05) is 34.8 Å². The Morgan fingerprint density at radius 1 is 1.09 bits per heavy atom. The highest BCUT2D eigenvalue weighted by Crippen LogP contribution is 2.41. The van der Waals surface area contributed by atoms with Crippen LogP contribution >= 0.6 is 0 Å². The topological polar surface area (TPSA) is 59.6 Å². The van der Waals surface area contributed by atoms with Crippen molar-refractivity contribution >= 4 is 38.1 Å². The van der Waals surface area contributed by atoms with Crippen LogP contribution in [0.5, 0.6) is 0 Å². The van der Waals surface area contributed by atoms with E-state index in [1.165, 1.54) is 26.3 Å². The molecule has 0 saturated carbocycles. The highest BCUT2D eigenvalue weighted by Gasteiger charge is 2.41. The minimum absolute atomic E-state index is 0.142. The van der Waals surface area contributed by atoms with E-state index >= 15 is 0 Å². The molecule has 2 aliphatic rings. The molecule has 0 amide bonds. The van der Waals surface area contributed by atoms with Crippen LogP contribution in [0.25, 0.3) is 16.5 Å². The molecule has 32 heavy (non-hydrogen) atoms.